The molecule has 2 amide bonds. The number of H-pyrrole nitrogens is 1. The number of aryl methyl sites for hydroxylation is 1. The minimum atomic E-state index is -0.701. The molecule has 2 heterocycles. The van der Waals surface area contributed by atoms with Gasteiger partial charge in [-0.05, 0) is 30.2 Å². The third-order valence-electron chi connectivity index (χ3n) is 5.08. The number of aromatic nitrogens is 1. The van der Waals surface area contributed by atoms with E-state index >= 15 is 0 Å². The van der Waals surface area contributed by atoms with E-state index in [0.29, 0.717) is 23.6 Å². The average molecular weight is 415 g/mol. The zero-order valence-corrected chi connectivity index (χ0v) is 17.4. The van der Waals surface area contributed by atoms with Gasteiger partial charge >= 0.3 is 0 Å². The summed E-state index contributed by atoms with van der Waals surface area (Å²) >= 11 is 0. The highest BCUT2D eigenvalue weighted by Crippen LogP contribution is 2.34. The molecule has 9 nitrogen and oxygen atoms in total. The summed E-state index contributed by atoms with van der Waals surface area (Å²) in [6.45, 7) is 1.60. The lowest BCUT2D eigenvalue weighted by Gasteiger charge is -2.36. The fourth-order valence-electron chi connectivity index (χ4n) is 3.47. The van der Waals surface area contributed by atoms with Gasteiger partial charge in [-0.2, -0.15) is 0 Å². The van der Waals surface area contributed by atoms with Gasteiger partial charge in [0, 0.05) is 38.0 Å². The zero-order chi connectivity index (χ0) is 21.8. The monoisotopic (exact) mass is 415 g/mol. The summed E-state index contributed by atoms with van der Waals surface area (Å²) in [6.07, 6.45) is 1.75. The van der Waals surface area contributed by atoms with E-state index in [1.807, 2.05) is 6.07 Å². The Hall–Kier alpha value is -3.49. The number of carbonyl (C=O) groups excluding carboxylic acids is 2. The van der Waals surface area contributed by atoms with Gasteiger partial charge in [0.05, 0.1) is 14.2 Å². The fraction of sp³-hybridized carbons (Fsp3) is 0.381. The van der Waals surface area contributed by atoms with Gasteiger partial charge < -0.3 is 29.4 Å². The van der Waals surface area contributed by atoms with Crippen molar-refractivity contribution in [3.05, 3.63) is 51.4 Å². The second-order valence-electron chi connectivity index (χ2n) is 6.96. The third kappa shape index (κ3) is 4.24. The quantitative estimate of drug-likeness (QED) is 0.722. The number of likely N-dealkylation sites (N-methyl/N-ethyl adjacent to an activating group) is 1. The molecule has 0 aliphatic carbocycles. The van der Waals surface area contributed by atoms with Crippen molar-refractivity contribution in [3.8, 4) is 17.2 Å². The van der Waals surface area contributed by atoms with Crippen LogP contribution in [0.2, 0.25) is 0 Å². The Morgan fingerprint density at radius 3 is 2.40 bits per heavy atom. The van der Waals surface area contributed by atoms with Gasteiger partial charge in [-0.25, -0.2) is 0 Å². The van der Waals surface area contributed by atoms with Crippen molar-refractivity contribution in [1.29, 1.82) is 0 Å². The van der Waals surface area contributed by atoms with Crippen LogP contribution in [0.15, 0.2) is 29.2 Å². The van der Waals surface area contributed by atoms with Gasteiger partial charge in [-0.15, -0.1) is 0 Å². The lowest BCUT2D eigenvalue weighted by molar-refractivity contribution is -0.143. The van der Waals surface area contributed by atoms with Crippen molar-refractivity contribution in [1.82, 2.24) is 15.2 Å². The Morgan fingerprint density at radius 2 is 1.80 bits per heavy atom. The number of carbonyl (C=O) groups is 2. The van der Waals surface area contributed by atoms with Crippen LogP contribution >= 0.6 is 0 Å². The van der Waals surface area contributed by atoms with Crippen molar-refractivity contribution >= 4 is 11.8 Å². The van der Waals surface area contributed by atoms with Crippen molar-refractivity contribution < 1.29 is 23.8 Å². The molecule has 0 radical (unpaired) electrons. The van der Waals surface area contributed by atoms with Gasteiger partial charge in [0.2, 0.25) is 11.3 Å². The summed E-state index contributed by atoms with van der Waals surface area (Å²) < 4.78 is 16.1. The molecule has 0 spiro atoms. The van der Waals surface area contributed by atoms with Crippen molar-refractivity contribution in [2.75, 3.05) is 27.9 Å². The van der Waals surface area contributed by atoms with E-state index in [2.05, 4.69) is 10.3 Å². The maximum absolute atomic E-state index is 12.9. The fourth-order valence-corrected chi connectivity index (χ4v) is 3.47. The number of nitrogens with zero attached hydrogens (tertiary/aromatic N) is 1. The largest absolute Gasteiger partial charge is 0.493 e. The topological polar surface area (TPSA) is 110 Å². The lowest BCUT2D eigenvalue weighted by atomic mass is 9.92. The first kappa shape index (κ1) is 21.2. The van der Waals surface area contributed by atoms with Crippen molar-refractivity contribution in [2.45, 2.75) is 25.9 Å². The first-order chi connectivity index (χ1) is 14.4. The molecule has 1 aromatic carbocycles. The molecule has 0 bridgehead atoms. The predicted molar refractivity (Wildman–Crippen MR) is 109 cm³/mol. The molecular weight excluding hydrogens is 390 g/mol. The number of methoxy groups -OCH3 is 2. The van der Waals surface area contributed by atoms with E-state index in [1.54, 1.807) is 20.1 Å². The summed E-state index contributed by atoms with van der Waals surface area (Å²) in [7, 11) is 4.61. The number of benzene rings is 1. The van der Waals surface area contributed by atoms with Crippen LogP contribution in [0.5, 0.6) is 17.2 Å². The second-order valence-corrected chi connectivity index (χ2v) is 6.96. The van der Waals surface area contributed by atoms with E-state index < -0.39 is 11.9 Å². The van der Waals surface area contributed by atoms with Crippen molar-refractivity contribution in [3.63, 3.8) is 0 Å². The van der Waals surface area contributed by atoms with Gasteiger partial charge in [-0.3, -0.25) is 14.4 Å². The summed E-state index contributed by atoms with van der Waals surface area (Å²) in [5, 5.41) is 2.61. The van der Waals surface area contributed by atoms with Crippen molar-refractivity contribution in [2.24, 2.45) is 0 Å². The van der Waals surface area contributed by atoms with Crippen LogP contribution in [0, 0.1) is 6.92 Å². The van der Waals surface area contributed by atoms with Gasteiger partial charge in [0.25, 0.3) is 5.91 Å². The molecule has 160 valence electrons. The molecule has 9 heteroatoms. The smallest absolute Gasteiger partial charge is 0.261 e. The van der Waals surface area contributed by atoms with E-state index in [0.717, 1.165) is 11.1 Å². The Labute approximate surface area is 173 Å². The maximum Gasteiger partial charge on any atom is 0.261 e. The number of nitrogens with one attached hydrogen (secondary N) is 2. The van der Waals surface area contributed by atoms with E-state index in [4.69, 9.17) is 14.2 Å². The third-order valence-corrected chi connectivity index (χ3v) is 5.08. The minimum Gasteiger partial charge on any atom is -0.493 e. The number of amides is 2. The Kier molecular flexibility index (Phi) is 6.29. The molecule has 0 saturated heterocycles. The molecule has 0 saturated carbocycles. The summed E-state index contributed by atoms with van der Waals surface area (Å²) in [6, 6.07) is 4.33. The molecule has 3 rings (SSSR count). The number of hydrogen-bond acceptors (Lipinski definition) is 6. The van der Waals surface area contributed by atoms with E-state index in [1.165, 1.54) is 31.3 Å². The number of aromatic amines is 1. The number of rotatable bonds is 6. The molecular formula is C21H25N3O6. The highest BCUT2D eigenvalue weighted by atomic mass is 16.5. The Bertz CT molecular complexity index is 1020. The molecule has 0 fully saturated rings. The molecule has 2 N–H and O–H groups in total. The van der Waals surface area contributed by atoms with Crippen LogP contribution in [0.25, 0.3) is 0 Å². The number of ether oxygens (including phenoxy) is 3. The molecule has 0 unspecified atom stereocenters. The minimum absolute atomic E-state index is 0.0502. The highest BCUT2D eigenvalue weighted by Gasteiger charge is 2.35. The van der Waals surface area contributed by atoms with Crippen LogP contribution in [0.1, 0.15) is 16.8 Å². The van der Waals surface area contributed by atoms with Crippen LogP contribution in [-0.2, 0) is 22.6 Å². The molecule has 1 aromatic heterocycles. The van der Waals surface area contributed by atoms with E-state index in [9.17, 15) is 14.4 Å². The predicted octanol–water partition coefficient (Wildman–Crippen LogP) is 0.779. The lowest BCUT2D eigenvalue weighted by Crippen LogP contribution is -2.53. The summed E-state index contributed by atoms with van der Waals surface area (Å²) in [5.41, 5.74) is 2.13. The number of hydrogen-bond donors (Lipinski definition) is 2. The van der Waals surface area contributed by atoms with Gasteiger partial charge in [0.15, 0.2) is 23.9 Å². The molecule has 1 aliphatic rings. The Morgan fingerprint density at radius 1 is 1.13 bits per heavy atom. The standard InChI is InChI=1S/C21H25N3O6/c1-12-5-16(25)19(9-23-12)30-11-20(26)24-10-14-8-18(29-4)17(28-3)7-13(14)6-15(24)21(27)22-2/h5,7-9,15H,6,10-11H2,1-4H3,(H,22,27)(H,23,25)/t15-/m0/s1. The first-order valence-electron chi connectivity index (χ1n) is 9.44. The van der Waals surface area contributed by atoms with E-state index in [-0.39, 0.29) is 30.2 Å². The summed E-state index contributed by atoms with van der Waals surface area (Å²) in [4.78, 5) is 41.7. The normalized spacial score (nSPS) is 15.2. The highest BCUT2D eigenvalue weighted by molar-refractivity contribution is 5.89. The molecule has 1 atom stereocenters. The molecule has 1 aliphatic heterocycles. The SMILES string of the molecule is CNC(=O)[C@@H]1Cc2cc(OC)c(OC)cc2CN1C(=O)COc1c[nH]c(C)cc1=O. The van der Waals surface area contributed by atoms with Gasteiger partial charge in [0.1, 0.15) is 6.04 Å². The van der Waals surface area contributed by atoms with Crippen LogP contribution in [0.4, 0.5) is 0 Å². The molecule has 30 heavy (non-hydrogen) atoms. The van der Waals surface area contributed by atoms with Crippen LogP contribution in [-0.4, -0.2) is 55.6 Å². The number of fused-ring (bicyclic) bond motifs is 1. The van der Waals surface area contributed by atoms with Crippen LogP contribution < -0.4 is 25.0 Å². The number of pyridine rings is 1. The summed E-state index contributed by atoms with van der Waals surface area (Å²) in [5.74, 6) is 0.480. The zero-order valence-electron chi connectivity index (χ0n) is 17.4. The Balaban J connectivity index is 1.85. The molecule has 2 aromatic rings. The van der Waals surface area contributed by atoms with Gasteiger partial charge in [-0.1, -0.05) is 0 Å². The first-order valence-corrected chi connectivity index (χ1v) is 9.44. The second kappa shape index (κ2) is 8.89. The maximum atomic E-state index is 12.9. The van der Waals surface area contributed by atoms with Crippen LogP contribution in [0.3, 0.4) is 0 Å². The average Bonchev–Trinajstić information content (AvgIpc) is 2.75.